The standard InChI is InChI=1S/C17H25N5O5/c1-17(2,3)27-16(26)18-6-4-5-7-22-12-10(8-19-22)11-9-21(15(25)20-11)13(12)14(23)24/h8,11,13H,4-7,9H2,1-3H3,(H,18,26)(H,20,25)(H,23,24). The van der Waals surface area contributed by atoms with Gasteiger partial charge in [-0.3, -0.25) is 4.68 Å². The molecule has 148 valence electrons. The molecule has 0 aliphatic carbocycles. The summed E-state index contributed by atoms with van der Waals surface area (Å²) >= 11 is 0. The van der Waals surface area contributed by atoms with Crippen molar-refractivity contribution in [1.29, 1.82) is 0 Å². The number of alkyl carbamates (subject to hydrolysis) is 1. The highest BCUT2D eigenvalue weighted by Gasteiger charge is 2.47. The number of fused-ring (bicyclic) bond motifs is 4. The van der Waals surface area contributed by atoms with Crippen molar-refractivity contribution in [3.8, 4) is 0 Å². The normalized spacial score (nSPS) is 20.9. The minimum Gasteiger partial charge on any atom is -0.479 e. The molecule has 0 radical (unpaired) electrons. The zero-order valence-electron chi connectivity index (χ0n) is 15.7. The van der Waals surface area contributed by atoms with Gasteiger partial charge in [0.1, 0.15) is 5.60 Å². The van der Waals surface area contributed by atoms with Gasteiger partial charge in [-0.05, 0) is 33.6 Å². The monoisotopic (exact) mass is 379 g/mol. The van der Waals surface area contributed by atoms with Crippen molar-refractivity contribution in [2.75, 3.05) is 13.1 Å². The highest BCUT2D eigenvalue weighted by molar-refractivity contribution is 5.87. The van der Waals surface area contributed by atoms with E-state index in [2.05, 4.69) is 15.7 Å². The van der Waals surface area contributed by atoms with E-state index in [4.69, 9.17) is 4.74 Å². The van der Waals surface area contributed by atoms with Crippen LogP contribution in [-0.4, -0.2) is 56.6 Å². The number of carbonyl (C=O) groups is 3. The molecule has 2 unspecified atom stereocenters. The number of hydrogen-bond donors (Lipinski definition) is 3. The number of aryl methyl sites for hydroxylation is 1. The lowest BCUT2D eigenvalue weighted by Gasteiger charge is -2.28. The second-order valence-corrected chi connectivity index (χ2v) is 7.74. The molecule has 3 amide bonds. The lowest BCUT2D eigenvalue weighted by Crippen LogP contribution is -2.39. The number of carboxylic acid groups (broad SMARTS) is 1. The van der Waals surface area contributed by atoms with Gasteiger partial charge in [-0.25, -0.2) is 14.4 Å². The number of urea groups is 1. The molecule has 0 saturated carbocycles. The molecule has 2 aliphatic rings. The molecule has 2 atom stereocenters. The van der Waals surface area contributed by atoms with Crippen LogP contribution in [0, 0.1) is 0 Å². The van der Waals surface area contributed by atoms with Crippen molar-refractivity contribution in [3.63, 3.8) is 0 Å². The summed E-state index contributed by atoms with van der Waals surface area (Å²) in [5, 5.41) is 19.4. The fraction of sp³-hybridized carbons (Fsp3) is 0.647. The zero-order valence-corrected chi connectivity index (χ0v) is 15.7. The van der Waals surface area contributed by atoms with E-state index in [0.29, 0.717) is 38.2 Å². The van der Waals surface area contributed by atoms with Gasteiger partial charge in [0, 0.05) is 25.2 Å². The summed E-state index contributed by atoms with van der Waals surface area (Å²) in [6.45, 7) is 6.70. The first-order chi connectivity index (χ1) is 12.7. The summed E-state index contributed by atoms with van der Waals surface area (Å²) in [5.41, 5.74) is 0.776. The van der Waals surface area contributed by atoms with E-state index in [9.17, 15) is 19.5 Å². The fourth-order valence-electron chi connectivity index (χ4n) is 3.40. The Balaban J connectivity index is 1.57. The topological polar surface area (TPSA) is 126 Å². The number of carboxylic acids is 1. The van der Waals surface area contributed by atoms with Gasteiger partial charge in [-0.15, -0.1) is 0 Å². The van der Waals surface area contributed by atoms with Crippen LogP contribution in [0.5, 0.6) is 0 Å². The summed E-state index contributed by atoms with van der Waals surface area (Å²) in [7, 11) is 0. The Kier molecular flexibility index (Phi) is 4.99. The van der Waals surface area contributed by atoms with Crippen LogP contribution in [0.1, 0.15) is 57.0 Å². The SMILES string of the molecule is CC(C)(C)OC(=O)NCCCCn1ncc2c1C(C(=O)O)N1CC2NC1=O. The number of carbonyl (C=O) groups excluding carboxylic acids is 2. The van der Waals surface area contributed by atoms with Crippen molar-refractivity contribution in [2.45, 2.75) is 57.8 Å². The maximum atomic E-state index is 12.0. The summed E-state index contributed by atoms with van der Waals surface area (Å²) in [5.74, 6) is -1.07. The first kappa shape index (κ1) is 19.0. The van der Waals surface area contributed by atoms with Crippen molar-refractivity contribution < 1.29 is 24.2 Å². The fourth-order valence-corrected chi connectivity index (χ4v) is 3.40. The van der Waals surface area contributed by atoms with Crippen LogP contribution in [0.4, 0.5) is 9.59 Å². The number of aromatic nitrogens is 2. The second-order valence-electron chi connectivity index (χ2n) is 7.74. The largest absolute Gasteiger partial charge is 0.479 e. The minimum absolute atomic E-state index is 0.217. The Morgan fingerprint density at radius 3 is 2.81 bits per heavy atom. The van der Waals surface area contributed by atoms with Gasteiger partial charge < -0.3 is 25.4 Å². The Morgan fingerprint density at radius 1 is 1.41 bits per heavy atom. The average molecular weight is 379 g/mol. The molecule has 2 bridgehead atoms. The highest BCUT2D eigenvalue weighted by atomic mass is 16.6. The maximum Gasteiger partial charge on any atom is 0.407 e. The van der Waals surface area contributed by atoms with Gasteiger partial charge in [0.25, 0.3) is 0 Å². The van der Waals surface area contributed by atoms with Crippen LogP contribution in [0.2, 0.25) is 0 Å². The second kappa shape index (κ2) is 7.09. The zero-order chi connectivity index (χ0) is 19.8. The van der Waals surface area contributed by atoms with Crippen LogP contribution in [0.25, 0.3) is 0 Å². The van der Waals surface area contributed by atoms with Gasteiger partial charge in [0.05, 0.1) is 17.9 Å². The molecule has 1 saturated heterocycles. The predicted molar refractivity (Wildman–Crippen MR) is 94.1 cm³/mol. The Labute approximate surface area is 156 Å². The Hall–Kier alpha value is -2.78. The lowest BCUT2D eigenvalue weighted by molar-refractivity contribution is -0.142. The first-order valence-corrected chi connectivity index (χ1v) is 9.00. The number of nitrogens with zero attached hydrogens (tertiary/aromatic N) is 3. The van der Waals surface area contributed by atoms with Crippen LogP contribution in [0.3, 0.4) is 0 Å². The molecule has 1 aromatic rings. The summed E-state index contributed by atoms with van der Waals surface area (Å²) < 4.78 is 6.82. The van der Waals surface area contributed by atoms with Crippen LogP contribution >= 0.6 is 0 Å². The predicted octanol–water partition coefficient (Wildman–Crippen LogP) is 1.39. The van der Waals surface area contributed by atoms with Gasteiger partial charge in [0.2, 0.25) is 0 Å². The van der Waals surface area contributed by atoms with Crippen molar-refractivity contribution in [3.05, 3.63) is 17.5 Å². The van der Waals surface area contributed by atoms with Crippen molar-refractivity contribution in [2.24, 2.45) is 0 Å². The molecule has 2 aliphatic heterocycles. The third-order valence-corrected chi connectivity index (χ3v) is 4.49. The molecule has 0 spiro atoms. The van der Waals surface area contributed by atoms with E-state index in [1.165, 1.54) is 4.90 Å². The number of rotatable bonds is 6. The molecule has 1 aromatic heterocycles. The number of amides is 3. The number of aliphatic carboxylic acids is 1. The number of hydrogen-bond acceptors (Lipinski definition) is 5. The maximum absolute atomic E-state index is 12.0. The smallest absolute Gasteiger partial charge is 0.407 e. The molecule has 27 heavy (non-hydrogen) atoms. The molecule has 0 aromatic carbocycles. The third kappa shape index (κ3) is 3.99. The number of nitrogens with one attached hydrogen (secondary N) is 2. The molecule has 3 heterocycles. The summed E-state index contributed by atoms with van der Waals surface area (Å²) in [6, 6.07) is -1.61. The lowest BCUT2D eigenvalue weighted by atomic mass is 9.98. The van der Waals surface area contributed by atoms with Crippen molar-refractivity contribution >= 4 is 18.1 Å². The molecule has 3 N–H and O–H groups in total. The Bertz CT molecular complexity index is 753. The quantitative estimate of drug-likeness (QED) is 0.641. The highest BCUT2D eigenvalue weighted by Crippen LogP contribution is 2.38. The van der Waals surface area contributed by atoms with Gasteiger partial charge in [0.15, 0.2) is 6.04 Å². The minimum atomic E-state index is -1.07. The first-order valence-electron chi connectivity index (χ1n) is 9.00. The molecule has 10 nitrogen and oxygen atoms in total. The van der Waals surface area contributed by atoms with E-state index in [-0.39, 0.29) is 12.1 Å². The van der Waals surface area contributed by atoms with Crippen LogP contribution in [0.15, 0.2) is 6.20 Å². The third-order valence-electron chi connectivity index (χ3n) is 4.49. The van der Waals surface area contributed by atoms with E-state index >= 15 is 0 Å². The van der Waals surface area contributed by atoms with Gasteiger partial charge >= 0.3 is 18.1 Å². The summed E-state index contributed by atoms with van der Waals surface area (Å²) in [6.07, 6.45) is 2.56. The van der Waals surface area contributed by atoms with Crippen LogP contribution in [-0.2, 0) is 16.1 Å². The average Bonchev–Trinajstić information content (AvgIpc) is 3.09. The van der Waals surface area contributed by atoms with Crippen molar-refractivity contribution in [1.82, 2.24) is 25.3 Å². The summed E-state index contributed by atoms with van der Waals surface area (Å²) in [4.78, 5) is 36.7. The van der Waals surface area contributed by atoms with E-state index in [1.54, 1.807) is 31.6 Å². The molecular weight excluding hydrogens is 354 g/mol. The van der Waals surface area contributed by atoms with E-state index in [1.807, 2.05) is 0 Å². The van der Waals surface area contributed by atoms with E-state index < -0.39 is 23.7 Å². The van der Waals surface area contributed by atoms with Crippen LogP contribution < -0.4 is 10.6 Å². The number of unbranched alkanes of at least 4 members (excludes halogenated alkanes) is 1. The van der Waals surface area contributed by atoms with Gasteiger partial charge in [-0.1, -0.05) is 0 Å². The molecule has 1 fully saturated rings. The van der Waals surface area contributed by atoms with E-state index in [0.717, 1.165) is 5.56 Å². The molecule has 10 heteroatoms. The van der Waals surface area contributed by atoms with Gasteiger partial charge in [-0.2, -0.15) is 5.10 Å². The molecule has 3 rings (SSSR count). The number of ether oxygens (including phenoxy) is 1. The molecular formula is C17H25N5O5. The Morgan fingerprint density at radius 2 is 2.15 bits per heavy atom.